The summed E-state index contributed by atoms with van der Waals surface area (Å²) in [4.78, 5) is 21.2. The lowest BCUT2D eigenvalue weighted by Crippen LogP contribution is -2.28. The van der Waals surface area contributed by atoms with Gasteiger partial charge in [0.15, 0.2) is 0 Å². The fourth-order valence-corrected chi connectivity index (χ4v) is 1.10. The standard InChI is InChI=1S/C11H19N5O/c1-4-6-12-11-13-7-5-9(15-11)14-8-10(17)16(2)3/h5,7H,4,6,8H2,1-3H3,(H2,12,13,14,15). The van der Waals surface area contributed by atoms with Crippen LogP contribution in [0.25, 0.3) is 0 Å². The van der Waals surface area contributed by atoms with Gasteiger partial charge in [0.05, 0.1) is 6.54 Å². The van der Waals surface area contributed by atoms with Gasteiger partial charge in [-0.15, -0.1) is 0 Å². The summed E-state index contributed by atoms with van der Waals surface area (Å²) in [6, 6.07) is 1.74. The van der Waals surface area contributed by atoms with Crippen molar-refractivity contribution in [3.8, 4) is 0 Å². The second-order valence-electron chi connectivity index (χ2n) is 3.83. The molecule has 0 atom stereocenters. The van der Waals surface area contributed by atoms with Crippen molar-refractivity contribution in [2.75, 3.05) is 37.8 Å². The zero-order chi connectivity index (χ0) is 12.7. The Bertz CT molecular complexity index is 367. The molecule has 0 saturated carbocycles. The number of anilines is 2. The predicted molar refractivity (Wildman–Crippen MR) is 68.0 cm³/mol. The van der Waals surface area contributed by atoms with Crippen molar-refractivity contribution in [2.45, 2.75) is 13.3 Å². The van der Waals surface area contributed by atoms with Crippen LogP contribution >= 0.6 is 0 Å². The van der Waals surface area contributed by atoms with Gasteiger partial charge in [0, 0.05) is 26.8 Å². The van der Waals surface area contributed by atoms with Crippen molar-refractivity contribution in [1.82, 2.24) is 14.9 Å². The van der Waals surface area contributed by atoms with Crippen molar-refractivity contribution in [3.05, 3.63) is 12.3 Å². The minimum atomic E-state index is 0.00618. The van der Waals surface area contributed by atoms with Gasteiger partial charge in [-0.05, 0) is 12.5 Å². The van der Waals surface area contributed by atoms with Gasteiger partial charge in [-0.25, -0.2) is 4.98 Å². The monoisotopic (exact) mass is 237 g/mol. The Kier molecular flexibility index (Phi) is 5.19. The molecule has 0 aliphatic carbocycles. The Balaban J connectivity index is 2.51. The molecule has 1 rings (SSSR count). The maximum Gasteiger partial charge on any atom is 0.241 e. The quantitative estimate of drug-likeness (QED) is 0.765. The van der Waals surface area contributed by atoms with Crippen LogP contribution in [0.4, 0.5) is 11.8 Å². The van der Waals surface area contributed by atoms with Crippen LogP contribution in [0.3, 0.4) is 0 Å². The number of hydrogen-bond donors (Lipinski definition) is 2. The van der Waals surface area contributed by atoms with E-state index in [0.29, 0.717) is 11.8 Å². The lowest BCUT2D eigenvalue weighted by molar-refractivity contribution is -0.126. The molecule has 1 heterocycles. The van der Waals surface area contributed by atoms with Crippen LogP contribution in [0, 0.1) is 0 Å². The second-order valence-corrected chi connectivity index (χ2v) is 3.83. The average molecular weight is 237 g/mol. The number of amides is 1. The Morgan fingerprint density at radius 2 is 2.18 bits per heavy atom. The van der Waals surface area contributed by atoms with Crippen molar-refractivity contribution < 1.29 is 4.79 Å². The number of aromatic nitrogens is 2. The minimum absolute atomic E-state index is 0.00618. The van der Waals surface area contributed by atoms with E-state index in [1.54, 1.807) is 26.4 Å². The largest absolute Gasteiger partial charge is 0.361 e. The molecule has 0 unspecified atom stereocenters. The third kappa shape index (κ3) is 4.67. The molecule has 0 aromatic carbocycles. The van der Waals surface area contributed by atoms with E-state index in [0.717, 1.165) is 13.0 Å². The molecule has 1 aromatic heterocycles. The highest BCUT2D eigenvalue weighted by Crippen LogP contribution is 2.05. The van der Waals surface area contributed by atoms with Crippen LogP contribution < -0.4 is 10.6 Å². The van der Waals surface area contributed by atoms with Gasteiger partial charge in [-0.2, -0.15) is 4.98 Å². The van der Waals surface area contributed by atoms with E-state index in [2.05, 4.69) is 27.5 Å². The van der Waals surface area contributed by atoms with Gasteiger partial charge in [0.2, 0.25) is 11.9 Å². The maximum absolute atomic E-state index is 11.4. The molecule has 1 amide bonds. The molecule has 0 aliphatic heterocycles. The average Bonchev–Trinajstić information content (AvgIpc) is 2.33. The number of carbonyl (C=O) groups is 1. The summed E-state index contributed by atoms with van der Waals surface area (Å²) in [5.41, 5.74) is 0. The molecular weight excluding hydrogens is 218 g/mol. The molecule has 0 bridgehead atoms. The van der Waals surface area contributed by atoms with Crippen LogP contribution in [0.2, 0.25) is 0 Å². The first-order valence-electron chi connectivity index (χ1n) is 5.64. The highest BCUT2D eigenvalue weighted by molar-refractivity contribution is 5.80. The van der Waals surface area contributed by atoms with E-state index in [4.69, 9.17) is 0 Å². The molecule has 0 fully saturated rings. The van der Waals surface area contributed by atoms with Gasteiger partial charge >= 0.3 is 0 Å². The number of rotatable bonds is 6. The van der Waals surface area contributed by atoms with E-state index in [1.807, 2.05) is 0 Å². The Hall–Kier alpha value is -1.85. The van der Waals surface area contributed by atoms with Crippen molar-refractivity contribution in [2.24, 2.45) is 0 Å². The molecule has 17 heavy (non-hydrogen) atoms. The first-order valence-corrected chi connectivity index (χ1v) is 5.64. The van der Waals surface area contributed by atoms with Crippen LogP contribution in [0.15, 0.2) is 12.3 Å². The number of nitrogens with zero attached hydrogens (tertiary/aromatic N) is 3. The summed E-state index contributed by atoms with van der Waals surface area (Å²) < 4.78 is 0. The summed E-state index contributed by atoms with van der Waals surface area (Å²) in [6.07, 6.45) is 2.67. The molecular formula is C11H19N5O. The second kappa shape index (κ2) is 6.67. The first kappa shape index (κ1) is 13.2. The van der Waals surface area contributed by atoms with Gasteiger partial charge in [0.25, 0.3) is 0 Å². The zero-order valence-corrected chi connectivity index (χ0v) is 10.5. The van der Waals surface area contributed by atoms with Gasteiger partial charge in [-0.3, -0.25) is 4.79 Å². The zero-order valence-electron chi connectivity index (χ0n) is 10.5. The summed E-state index contributed by atoms with van der Waals surface area (Å²) in [5.74, 6) is 1.23. The summed E-state index contributed by atoms with van der Waals surface area (Å²) in [7, 11) is 3.44. The molecule has 2 N–H and O–H groups in total. The molecule has 1 aromatic rings. The van der Waals surface area contributed by atoms with Crippen LogP contribution in [-0.4, -0.2) is 48.0 Å². The van der Waals surface area contributed by atoms with E-state index in [9.17, 15) is 4.79 Å². The van der Waals surface area contributed by atoms with Crippen LogP contribution in [-0.2, 0) is 4.79 Å². The molecule has 0 aliphatic rings. The van der Waals surface area contributed by atoms with Crippen molar-refractivity contribution >= 4 is 17.7 Å². The Labute approximate surface area is 101 Å². The SMILES string of the molecule is CCCNc1nccc(NCC(=O)N(C)C)n1. The van der Waals surface area contributed by atoms with Crippen molar-refractivity contribution in [3.63, 3.8) is 0 Å². The summed E-state index contributed by atoms with van der Waals surface area (Å²) in [5, 5.41) is 6.05. The highest BCUT2D eigenvalue weighted by Gasteiger charge is 2.04. The van der Waals surface area contributed by atoms with Gasteiger partial charge < -0.3 is 15.5 Å². The summed E-state index contributed by atoms with van der Waals surface area (Å²) in [6.45, 7) is 3.14. The van der Waals surface area contributed by atoms with Crippen molar-refractivity contribution in [1.29, 1.82) is 0 Å². The van der Waals surface area contributed by atoms with E-state index in [-0.39, 0.29) is 12.5 Å². The molecule has 0 spiro atoms. The highest BCUT2D eigenvalue weighted by atomic mass is 16.2. The topological polar surface area (TPSA) is 70.2 Å². The summed E-state index contributed by atoms with van der Waals surface area (Å²) >= 11 is 0. The van der Waals surface area contributed by atoms with Gasteiger partial charge in [-0.1, -0.05) is 6.92 Å². The number of nitrogens with one attached hydrogen (secondary N) is 2. The Morgan fingerprint density at radius 1 is 1.41 bits per heavy atom. The molecule has 6 heteroatoms. The van der Waals surface area contributed by atoms with E-state index < -0.39 is 0 Å². The van der Waals surface area contributed by atoms with Gasteiger partial charge in [0.1, 0.15) is 5.82 Å². The minimum Gasteiger partial charge on any atom is -0.361 e. The fraction of sp³-hybridized carbons (Fsp3) is 0.545. The maximum atomic E-state index is 11.4. The lowest BCUT2D eigenvalue weighted by Gasteiger charge is -2.11. The third-order valence-corrected chi connectivity index (χ3v) is 2.11. The smallest absolute Gasteiger partial charge is 0.241 e. The fourth-order valence-electron chi connectivity index (χ4n) is 1.10. The van der Waals surface area contributed by atoms with E-state index in [1.165, 1.54) is 4.90 Å². The van der Waals surface area contributed by atoms with E-state index >= 15 is 0 Å². The van der Waals surface area contributed by atoms with Crippen LogP contribution in [0.1, 0.15) is 13.3 Å². The first-order chi connectivity index (χ1) is 8.13. The number of likely N-dealkylation sites (N-methyl/N-ethyl adjacent to an activating group) is 1. The number of hydrogen-bond acceptors (Lipinski definition) is 5. The Morgan fingerprint density at radius 3 is 2.82 bits per heavy atom. The van der Waals surface area contributed by atoms with Crippen LogP contribution in [0.5, 0.6) is 0 Å². The number of carbonyl (C=O) groups excluding carboxylic acids is 1. The lowest BCUT2D eigenvalue weighted by atomic mass is 10.5. The molecule has 94 valence electrons. The third-order valence-electron chi connectivity index (χ3n) is 2.11. The molecule has 0 radical (unpaired) electrons. The normalized spacial score (nSPS) is 9.82. The predicted octanol–water partition coefficient (Wildman–Crippen LogP) is 0.799. The molecule has 0 saturated heterocycles. The molecule has 6 nitrogen and oxygen atoms in total.